The molecule has 8 heteroatoms. The van der Waals surface area contributed by atoms with E-state index in [1.165, 1.54) is 20.4 Å². The fourth-order valence-electron chi connectivity index (χ4n) is 2.69. The van der Waals surface area contributed by atoms with Crippen LogP contribution in [0.2, 0.25) is 0 Å². The number of hydrogen-bond donors (Lipinski definition) is 0. The monoisotopic (exact) mass is 384 g/mol. The van der Waals surface area contributed by atoms with Gasteiger partial charge in [-0.3, -0.25) is 14.8 Å². The summed E-state index contributed by atoms with van der Waals surface area (Å²) in [6, 6.07) is 6.98. The van der Waals surface area contributed by atoms with Gasteiger partial charge in [-0.25, -0.2) is 0 Å². The molecule has 3 aromatic rings. The van der Waals surface area contributed by atoms with Gasteiger partial charge in [-0.2, -0.15) is 0 Å². The molecule has 8 nitrogen and oxygen atoms in total. The van der Waals surface area contributed by atoms with Crippen molar-refractivity contribution in [3.05, 3.63) is 42.4 Å². The van der Waals surface area contributed by atoms with Crippen molar-refractivity contribution in [2.45, 2.75) is 6.42 Å². The van der Waals surface area contributed by atoms with Crippen LogP contribution in [0.15, 0.2) is 36.7 Å². The molecule has 0 atom stereocenters. The molecule has 0 aliphatic rings. The number of pyridine rings is 2. The second-order valence-corrected chi connectivity index (χ2v) is 5.71. The number of esters is 1. The van der Waals surface area contributed by atoms with Crippen LogP contribution in [0, 0.1) is 0 Å². The fourth-order valence-corrected chi connectivity index (χ4v) is 2.69. The van der Waals surface area contributed by atoms with E-state index in [9.17, 15) is 4.79 Å². The van der Waals surface area contributed by atoms with E-state index in [2.05, 4.69) is 14.7 Å². The molecule has 0 bridgehead atoms. The van der Waals surface area contributed by atoms with Crippen LogP contribution in [-0.2, 0) is 16.0 Å². The first kappa shape index (κ1) is 19.2. The maximum atomic E-state index is 11.5. The van der Waals surface area contributed by atoms with Crippen molar-refractivity contribution in [3.8, 4) is 28.7 Å². The molecule has 0 amide bonds. The maximum Gasteiger partial charge on any atom is 0.311 e. The predicted molar refractivity (Wildman–Crippen MR) is 101 cm³/mol. The minimum Gasteiger partial charge on any atom is -0.495 e. The summed E-state index contributed by atoms with van der Waals surface area (Å²) in [4.78, 5) is 20.1. The Morgan fingerprint density at radius 3 is 2.29 bits per heavy atom. The van der Waals surface area contributed by atoms with Gasteiger partial charge in [0.05, 0.1) is 52.3 Å². The van der Waals surface area contributed by atoms with E-state index in [4.69, 9.17) is 18.9 Å². The third-order valence-electron chi connectivity index (χ3n) is 4.10. The molecular formula is C20H20N2O6. The first-order valence-corrected chi connectivity index (χ1v) is 8.38. The van der Waals surface area contributed by atoms with Crippen LogP contribution in [0.25, 0.3) is 10.9 Å². The van der Waals surface area contributed by atoms with Crippen LogP contribution in [0.1, 0.15) is 5.69 Å². The molecule has 146 valence electrons. The largest absolute Gasteiger partial charge is 0.495 e. The summed E-state index contributed by atoms with van der Waals surface area (Å²) >= 11 is 0. The normalized spacial score (nSPS) is 10.4. The number of aromatic nitrogens is 2. The molecule has 0 fully saturated rings. The predicted octanol–water partition coefficient (Wildman–Crippen LogP) is 3.16. The smallest absolute Gasteiger partial charge is 0.311 e. The highest BCUT2D eigenvalue weighted by Crippen LogP contribution is 2.37. The van der Waals surface area contributed by atoms with E-state index >= 15 is 0 Å². The van der Waals surface area contributed by atoms with Gasteiger partial charge in [0.2, 0.25) is 0 Å². The van der Waals surface area contributed by atoms with Crippen molar-refractivity contribution in [2.24, 2.45) is 0 Å². The van der Waals surface area contributed by atoms with Crippen LogP contribution in [0.4, 0.5) is 0 Å². The lowest BCUT2D eigenvalue weighted by molar-refractivity contribution is -0.139. The number of hydrogen-bond acceptors (Lipinski definition) is 8. The van der Waals surface area contributed by atoms with Crippen molar-refractivity contribution < 1.29 is 28.5 Å². The number of ether oxygens (including phenoxy) is 5. The summed E-state index contributed by atoms with van der Waals surface area (Å²) in [6.07, 6.45) is 3.17. The molecule has 0 N–H and O–H groups in total. The Balaban J connectivity index is 1.97. The molecule has 0 radical (unpaired) electrons. The number of rotatable bonds is 7. The van der Waals surface area contributed by atoms with Gasteiger partial charge in [-0.05, 0) is 12.1 Å². The zero-order valence-electron chi connectivity index (χ0n) is 16.0. The van der Waals surface area contributed by atoms with Crippen molar-refractivity contribution in [2.75, 3.05) is 28.4 Å². The average molecular weight is 384 g/mol. The lowest BCUT2D eigenvalue weighted by atomic mass is 10.2. The van der Waals surface area contributed by atoms with E-state index in [1.807, 2.05) is 0 Å². The summed E-state index contributed by atoms with van der Waals surface area (Å²) in [7, 11) is 5.96. The fraction of sp³-hybridized carbons (Fsp3) is 0.250. The molecule has 1 aromatic carbocycles. The first-order chi connectivity index (χ1) is 13.6. The van der Waals surface area contributed by atoms with Gasteiger partial charge >= 0.3 is 5.97 Å². The van der Waals surface area contributed by atoms with Crippen molar-refractivity contribution >= 4 is 16.9 Å². The summed E-state index contributed by atoms with van der Waals surface area (Å²) in [5, 5.41) is 0.748. The SMILES string of the molecule is COC(=O)Cc1ncc(Oc2ccnc3cc(OC)c(OC)cc23)cc1OC. The topological polar surface area (TPSA) is 89.0 Å². The molecule has 0 saturated heterocycles. The first-order valence-electron chi connectivity index (χ1n) is 8.38. The summed E-state index contributed by atoms with van der Waals surface area (Å²) in [6.45, 7) is 0. The van der Waals surface area contributed by atoms with E-state index in [-0.39, 0.29) is 6.42 Å². The van der Waals surface area contributed by atoms with Gasteiger partial charge in [0, 0.05) is 23.7 Å². The van der Waals surface area contributed by atoms with Crippen LogP contribution in [0.5, 0.6) is 28.7 Å². The molecule has 0 aliphatic heterocycles. The summed E-state index contributed by atoms with van der Waals surface area (Å²) in [5.41, 5.74) is 1.16. The van der Waals surface area contributed by atoms with Crippen molar-refractivity contribution in [1.29, 1.82) is 0 Å². The Bertz CT molecular complexity index is 1010. The minimum absolute atomic E-state index is 0.00906. The number of carbonyl (C=O) groups is 1. The Kier molecular flexibility index (Phi) is 5.78. The highest BCUT2D eigenvalue weighted by atomic mass is 16.5. The minimum atomic E-state index is -0.402. The lowest BCUT2D eigenvalue weighted by Crippen LogP contribution is -2.07. The molecular weight excluding hydrogens is 364 g/mol. The quantitative estimate of drug-likeness (QED) is 0.574. The van der Waals surface area contributed by atoms with Gasteiger partial charge in [0.25, 0.3) is 0 Å². The third kappa shape index (κ3) is 3.90. The zero-order valence-corrected chi connectivity index (χ0v) is 16.0. The van der Waals surface area contributed by atoms with E-state index in [0.29, 0.717) is 40.0 Å². The molecule has 2 heterocycles. The molecule has 2 aromatic heterocycles. The van der Waals surface area contributed by atoms with Crippen LogP contribution in [-0.4, -0.2) is 44.4 Å². The second kappa shape index (κ2) is 8.43. The van der Waals surface area contributed by atoms with Crippen molar-refractivity contribution in [3.63, 3.8) is 0 Å². The van der Waals surface area contributed by atoms with Crippen molar-refractivity contribution in [1.82, 2.24) is 9.97 Å². The lowest BCUT2D eigenvalue weighted by Gasteiger charge is -2.13. The number of nitrogens with zero attached hydrogens (tertiary/aromatic N) is 2. The van der Waals surface area contributed by atoms with E-state index in [1.54, 1.807) is 44.7 Å². The van der Waals surface area contributed by atoms with Gasteiger partial charge in [-0.15, -0.1) is 0 Å². The summed E-state index contributed by atoms with van der Waals surface area (Å²) in [5.74, 6) is 2.19. The Labute approximate surface area is 162 Å². The van der Waals surface area contributed by atoms with E-state index in [0.717, 1.165) is 5.39 Å². The standard InChI is InChI=1S/C20H20N2O6/c1-24-17-7-12(11-22-15(17)10-20(23)27-4)28-16-5-6-21-14-9-19(26-3)18(25-2)8-13(14)16/h5-9,11H,10H2,1-4H3. The molecule has 0 aliphatic carbocycles. The van der Waals surface area contributed by atoms with Gasteiger partial charge in [0.1, 0.15) is 17.2 Å². The van der Waals surface area contributed by atoms with Gasteiger partial charge in [-0.1, -0.05) is 0 Å². The molecule has 0 spiro atoms. The maximum absolute atomic E-state index is 11.5. The van der Waals surface area contributed by atoms with Crippen LogP contribution >= 0.6 is 0 Å². The number of carbonyl (C=O) groups excluding carboxylic acids is 1. The van der Waals surface area contributed by atoms with Gasteiger partial charge in [0.15, 0.2) is 11.5 Å². The number of benzene rings is 1. The number of methoxy groups -OCH3 is 4. The van der Waals surface area contributed by atoms with Gasteiger partial charge < -0.3 is 23.7 Å². The zero-order chi connectivity index (χ0) is 20.1. The Hall–Kier alpha value is -3.55. The van der Waals surface area contributed by atoms with E-state index < -0.39 is 5.97 Å². The highest BCUT2D eigenvalue weighted by molar-refractivity contribution is 5.88. The second-order valence-electron chi connectivity index (χ2n) is 5.71. The molecule has 0 saturated carbocycles. The molecule has 28 heavy (non-hydrogen) atoms. The van der Waals surface area contributed by atoms with Crippen LogP contribution in [0.3, 0.4) is 0 Å². The molecule has 3 rings (SSSR count). The third-order valence-corrected chi connectivity index (χ3v) is 4.10. The molecule has 0 unspecified atom stereocenters. The summed E-state index contributed by atoms with van der Waals surface area (Å²) < 4.78 is 26.7. The average Bonchev–Trinajstić information content (AvgIpc) is 2.73. The Morgan fingerprint density at radius 1 is 0.893 bits per heavy atom. The highest BCUT2D eigenvalue weighted by Gasteiger charge is 2.14. The van der Waals surface area contributed by atoms with Crippen LogP contribution < -0.4 is 18.9 Å². The Morgan fingerprint density at radius 2 is 1.61 bits per heavy atom. The number of fused-ring (bicyclic) bond motifs is 1.